The van der Waals surface area contributed by atoms with Crippen molar-refractivity contribution in [1.29, 1.82) is 0 Å². The molecule has 1 unspecified atom stereocenters. The first-order valence-electron chi connectivity index (χ1n) is 6.24. The number of hydrogen-bond acceptors (Lipinski definition) is 4. The molecule has 0 aromatic carbocycles. The normalized spacial score (nSPS) is 26.5. The standard InChI is InChI=1S/C12H24N2O2S/c1-16-10(8-13)7-12(15)14-9-3-5-11(17-2)6-4-9/h9-11H,3-8,13H2,1-2H3,(H,14,15). The molecule has 1 rings (SSSR count). The van der Waals surface area contributed by atoms with Crippen molar-refractivity contribution in [3.05, 3.63) is 0 Å². The van der Waals surface area contributed by atoms with Crippen LogP contribution in [0, 0.1) is 0 Å². The van der Waals surface area contributed by atoms with Gasteiger partial charge in [-0.05, 0) is 31.9 Å². The van der Waals surface area contributed by atoms with Gasteiger partial charge in [0.05, 0.1) is 12.5 Å². The molecule has 1 fully saturated rings. The van der Waals surface area contributed by atoms with Gasteiger partial charge in [0.2, 0.25) is 5.91 Å². The summed E-state index contributed by atoms with van der Waals surface area (Å²) in [6.07, 6.45) is 6.98. The molecule has 4 nitrogen and oxygen atoms in total. The van der Waals surface area contributed by atoms with Crippen LogP contribution < -0.4 is 11.1 Å². The fraction of sp³-hybridized carbons (Fsp3) is 0.917. The second-order valence-corrected chi connectivity index (χ2v) is 5.71. The van der Waals surface area contributed by atoms with Crippen LogP contribution in [0.4, 0.5) is 0 Å². The Hall–Kier alpha value is -0.260. The summed E-state index contributed by atoms with van der Waals surface area (Å²) in [5, 5.41) is 3.86. The summed E-state index contributed by atoms with van der Waals surface area (Å²) in [6.45, 7) is 0.392. The van der Waals surface area contributed by atoms with Crippen molar-refractivity contribution < 1.29 is 9.53 Å². The maximum absolute atomic E-state index is 11.7. The molecule has 0 bridgehead atoms. The quantitative estimate of drug-likeness (QED) is 0.752. The van der Waals surface area contributed by atoms with Crippen LogP contribution in [-0.2, 0) is 9.53 Å². The van der Waals surface area contributed by atoms with Crippen molar-refractivity contribution >= 4 is 17.7 Å². The van der Waals surface area contributed by atoms with E-state index in [1.165, 1.54) is 12.8 Å². The molecule has 3 N–H and O–H groups in total. The Bertz CT molecular complexity index is 227. The number of carbonyl (C=O) groups excluding carboxylic acids is 1. The Balaban J connectivity index is 2.23. The Morgan fingerprint density at radius 2 is 2.12 bits per heavy atom. The number of nitrogens with two attached hydrogens (primary N) is 1. The summed E-state index contributed by atoms with van der Waals surface area (Å²) in [7, 11) is 1.59. The van der Waals surface area contributed by atoms with Crippen molar-refractivity contribution in [2.75, 3.05) is 19.9 Å². The Morgan fingerprint density at radius 3 is 2.59 bits per heavy atom. The van der Waals surface area contributed by atoms with Crippen molar-refractivity contribution in [3.8, 4) is 0 Å². The van der Waals surface area contributed by atoms with Crippen LogP contribution >= 0.6 is 11.8 Å². The minimum absolute atomic E-state index is 0.0647. The van der Waals surface area contributed by atoms with Gasteiger partial charge in [0, 0.05) is 24.9 Å². The number of carbonyl (C=O) groups is 1. The minimum atomic E-state index is -0.155. The molecule has 1 saturated carbocycles. The third kappa shape index (κ3) is 5.27. The van der Waals surface area contributed by atoms with E-state index in [-0.39, 0.29) is 12.0 Å². The molecule has 0 aromatic heterocycles. The highest BCUT2D eigenvalue weighted by molar-refractivity contribution is 7.99. The summed E-state index contributed by atoms with van der Waals surface area (Å²) >= 11 is 1.94. The Kier molecular flexibility index (Phi) is 6.92. The van der Waals surface area contributed by atoms with Crippen LogP contribution in [0.1, 0.15) is 32.1 Å². The zero-order valence-corrected chi connectivity index (χ0v) is 11.6. The van der Waals surface area contributed by atoms with E-state index in [9.17, 15) is 4.79 Å². The minimum Gasteiger partial charge on any atom is -0.380 e. The molecule has 1 amide bonds. The fourth-order valence-corrected chi connectivity index (χ4v) is 2.94. The summed E-state index contributed by atoms with van der Waals surface area (Å²) in [4.78, 5) is 11.7. The van der Waals surface area contributed by atoms with E-state index in [0.29, 0.717) is 19.0 Å². The molecule has 0 radical (unpaired) electrons. The highest BCUT2D eigenvalue weighted by atomic mass is 32.2. The van der Waals surface area contributed by atoms with E-state index in [4.69, 9.17) is 10.5 Å². The molecule has 1 aliphatic carbocycles. The number of nitrogens with one attached hydrogen (secondary N) is 1. The zero-order chi connectivity index (χ0) is 12.7. The number of rotatable bonds is 6. The lowest BCUT2D eigenvalue weighted by Gasteiger charge is -2.28. The molecule has 0 heterocycles. The Morgan fingerprint density at radius 1 is 1.47 bits per heavy atom. The van der Waals surface area contributed by atoms with Gasteiger partial charge in [-0.25, -0.2) is 0 Å². The first-order chi connectivity index (χ1) is 8.19. The van der Waals surface area contributed by atoms with Gasteiger partial charge in [-0.2, -0.15) is 11.8 Å². The molecular weight excluding hydrogens is 236 g/mol. The maximum atomic E-state index is 11.7. The monoisotopic (exact) mass is 260 g/mol. The van der Waals surface area contributed by atoms with Crippen molar-refractivity contribution in [1.82, 2.24) is 5.32 Å². The van der Waals surface area contributed by atoms with Crippen LogP contribution in [0.5, 0.6) is 0 Å². The fourth-order valence-electron chi connectivity index (χ4n) is 2.20. The molecule has 5 heteroatoms. The van der Waals surface area contributed by atoms with Gasteiger partial charge in [-0.15, -0.1) is 0 Å². The van der Waals surface area contributed by atoms with Crippen LogP contribution in [0.25, 0.3) is 0 Å². The lowest BCUT2D eigenvalue weighted by Crippen LogP contribution is -2.40. The van der Waals surface area contributed by atoms with E-state index in [2.05, 4.69) is 11.6 Å². The first-order valence-corrected chi connectivity index (χ1v) is 7.53. The van der Waals surface area contributed by atoms with Crippen LogP contribution in [0.3, 0.4) is 0 Å². The van der Waals surface area contributed by atoms with E-state index >= 15 is 0 Å². The maximum Gasteiger partial charge on any atom is 0.222 e. The van der Waals surface area contributed by atoms with E-state index < -0.39 is 0 Å². The molecule has 17 heavy (non-hydrogen) atoms. The summed E-state index contributed by atoms with van der Waals surface area (Å²) in [5.41, 5.74) is 5.49. The van der Waals surface area contributed by atoms with Gasteiger partial charge < -0.3 is 15.8 Å². The van der Waals surface area contributed by atoms with Crippen molar-refractivity contribution in [2.24, 2.45) is 5.73 Å². The van der Waals surface area contributed by atoms with E-state index in [1.807, 2.05) is 11.8 Å². The summed E-state index contributed by atoms with van der Waals surface area (Å²) in [6, 6.07) is 0.348. The average molecular weight is 260 g/mol. The van der Waals surface area contributed by atoms with Crippen molar-refractivity contribution in [3.63, 3.8) is 0 Å². The highest BCUT2D eigenvalue weighted by Gasteiger charge is 2.22. The molecule has 0 aliphatic heterocycles. The molecule has 0 aromatic rings. The second-order valence-electron chi connectivity index (χ2n) is 4.57. The lowest BCUT2D eigenvalue weighted by atomic mass is 9.95. The molecule has 100 valence electrons. The van der Waals surface area contributed by atoms with Crippen molar-refractivity contribution in [2.45, 2.75) is 49.5 Å². The topological polar surface area (TPSA) is 64.3 Å². The largest absolute Gasteiger partial charge is 0.380 e. The molecule has 1 atom stereocenters. The van der Waals surface area contributed by atoms with Crippen LogP contribution in [0.15, 0.2) is 0 Å². The van der Waals surface area contributed by atoms with Gasteiger partial charge in [0.15, 0.2) is 0 Å². The zero-order valence-electron chi connectivity index (χ0n) is 10.8. The average Bonchev–Trinajstić information content (AvgIpc) is 2.37. The second kappa shape index (κ2) is 7.95. The predicted octanol–water partition coefficient (Wildman–Crippen LogP) is 1.14. The molecule has 1 aliphatic rings. The van der Waals surface area contributed by atoms with E-state index in [1.54, 1.807) is 7.11 Å². The summed E-state index contributed by atoms with van der Waals surface area (Å²) < 4.78 is 5.10. The van der Waals surface area contributed by atoms with Gasteiger partial charge in [-0.1, -0.05) is 0 Å². The number of ether oxygens (including phenoxy) is 1. The van der Waals surface area contributed by atoms with Crippen LogP contribution in [-0.4, -0.2) is 43.2 Å². The lowest BCUT2D eigenvalue weighted by molar-refractivity contribution is -0.124. The number of methoxy groups -OCH3 is 1. The van der Waals surface area contributed by atoms with Gasteiger partial charge in [0.25, 0.3) is 0 Å². The van der Waals surface area contributed by atoms with Crippen LogP contribution in [0.2, 0.25) is 0 Å². The summed E-state index contributed by atoms with van der Waals surface area (Å²) in [5.74, 6) is 0.0647. The third-order valence-electron chi connectivity index (χ3n) is 3.38. The number of amides is 1. The molecule has 0 spiro atoms. The Labute approximate surface area is 108 Å². The van der Waals surface area contributed by atoms with Gasteiger partial charge >= 0.3 is 0 Å². The van der Waals surface area contributed by atoms with Gasteiger partial charge in [0.1, 0.15) is 0 Å². The predicted molar refractivity (Wildman–Crippen MR) is 72.2 cm³/mol. The van der Waals surface area contributed by atoms with Gasteiger partial charge in [-0.3, -0.25) is 4.79 Å². The number of hydrogen-bond donors (Lipinski definition) is 2. The smallest absolute Gasteiger partial charge is 0.222 e. The SMILES string of the molecule is COC(CN)CC(=O)NC1CCC(SC)CC1. The molecule has 0 saturated heterocycles. The number of thioether (sulfide) groups is 1. The van der Waals surface area contributed by atoms with E-state index in [0.717, 1.165) is 18.1 Å². The first kappa shape index (κ1) is 14.8. The highest BCUT2D eigenvalue weighted by Crippen LogP contribution is 2.26. The molecular formula is C12H24N2O2S. The third-order valence-corrected chi connectivity index (χ3v) is 4.52.